The van der Waals surface area contributed by atoms with Gasteiger partial charge in [-0.15, -0.1) is 0 Å². The summed E-state index contributed by atoms with van der Waals surface area (Å²) in [6.07, 6.45) is -4.34. The number of sulfonamides is 1. The van der Waals surface area contributed by atoms with Crippen LogP contribution in [0.4, 0.5) is 23.2 Å². The Morgan fingerprint density at radius 2 is 1.94 bits per heavy atom. The molecule has 1 aliphatic rings. The highest BCUT2D eigenvalue weighted by atomic mass is 35.5. The van der Waals surface area contributed by atoms with Gasteiger partial charge in [-0.05, 0) is 47.7 Å². The molecule has 174 valence electrons. The number of carbonyl (C=O) groups is 1. The Kier molecular flexibility index (Phi) is 7.16. The number of fused-ring (bicyclic) bond motifs is 1. The third-order valence-corrected chi connectivity index (χ3v) is 7.48. The maximum absolute atomic E-state index is 13.8. The molecule has 1 amide bonds. The van der Waals surface area contributed by atoms with Crippen LogP contribution < -0.4 is 5.32 Å². The number of hydrogen-bond acceptors (Lipinski definition) is 3. The topological polar surface area (TPSA) is 66.5 Å². The summed E-state index contributed by atoms with van der Waals surface area (Å²) >= 11 is 6.25. The van der Waals surface area contributed by atoms with Gasteiger partial charge < -0.3 is 5.32 Å². The first-order valence-electron chi connectivity index (χ1n) is 9.86. The van der Waals surface area contributed by atoms with Crippen LogP contribution in [-0.2, 0) is 40.4 Å². The minimum atomic E-state index is -4.82. The fourth-order valence-corrected chi connectivity index (χ4v) is 5.33. The van der Waals surface area contributed by atoms with Crippen LogP contribution in [0.25, 0.3) is 0 Å². The number of nitrogens with one attached hydrogen (secondary N) is 1. The summed E-state index contributed by atoms with van der Waals surface area (Å²) in [4.78, 5) is 12.5. The van der Waals surface area contributed by atoms with Crippen molar-refractivity contribution in [3.8, 4) is 0 Å². The number of anilines is 1. The van der Waals surface area contributed by atoms with E-state index in [2.05, 4.69) is 5.32 Å². The Bertz CT molecular complexity index is 1140. The van der Waals surface area contributed by atoms with Crippen molar-refractivity contribution in [3.05, 3.63) is 63.4 Å². The van der Waals surface area contributed by atoms with Gasteiger partial charge in [0.05, 0.1) is 28.4 Å². The number of halogens is 5. The molecule has 3 rings (SSSR count). The van der Waals surface area contributed by atoms with Gasteiger partial charge in [-0.1, -0.05) is 30.7 Å². The molecule has 0 unspecified atom stereocenters. The zero-order chi connectivity index (χ0) is 23.7. The maximum Gasteiger partial charge on any atom is 0.419 e. The van der Waals surface area contributed by atoms with E-state index in [-0.39, 0.29) is 35.8 Å². The van der Waals surface area contributed by atoms with Crippen LogP contribution in [0.15, 0.2) is 30.3 Å². The first-order chi connectivity index (χ1) is 14.9. The molecule has 11 heteroatoms. The average molecular weight is 493 g/mol. The highest BCUT2D eigenvalue weighted by molar-refractivity contribution is 7.89. The van der Waals surface area contributed by atoms with E-state index in [1.54, 1.807) is 19.1 Å². The van der Waals surface area contributed by atoms with Crippen molar-refractivity contribution in [3.63, 3.8) is 0 Å². The fourth-order valence-electron chi connectivity index (χ4n) is 3.63. The minimum Gasteiger partial charge on any atom is -0.324 e. The second-order valence-corrected chi connectivity index (χ2v) is 9.99. The molecule has 0 atom stereocenters. The Hall–Kier alpha value is -2.17. The van der Waals surface area contributed by atoms with Gasteiger partial charge in [-0.25, -0.2) is 12.8 Å². The average Bonchev–Trinajstić information content (AvgIpc) is 2.68. The molecule has 1 aliphatic heterocycles. The molecule has 0 aliphatic carbocycles. The second-order valence-electron chi connectivity index (χ2n) is 7.50. The number of benzene rings is 2. The van der Waals surface area contributed by atoms with Crippen LogP contribution in [0.1, 0.15) is 35.6 Å². The molecule has 0 saturated carbocycles. The normalized spacial score (nSPS) is 14.8. The molecule has 0 spiro atoms. The zero-order valence-corrected chi connectivity index (χ0v) is 18.7. The van der Waals surface area contributed by atoms with Gasteiger partial charge in [0.25, 0.3) is 0 Å². The van der Waals surface area contributed by atoms with Crippen molar-refractivity contribution in [2.75, 3.05) is 17.6 Å². The van der Waals surface area contributed by atoms with Crippen molar-refractivity contribution < 1.29 is 30.8 Å². The molecule has 0 aromatic heterocycles. The number of hydrogen-bond donors (Lipinski definition) is 1. The van der Waals surface area contributed by atoms with E-state index in [4.69, 9.17) is 11.6 Å². The molecule has 1 N–H and O–H groups in total. The zero-order valence-electron chi connectivity index (χ0n) is 17.1. The van der Waals surface area contributed by atoms with E-state index < -0.39 is 33.5 Å². The van der Waals surface area contributed by atoms with Gasteiger partial charge in [0.1, 0.15) is 5.82 Å². The lowest BCUT2D eigenvalue weighted by Gasteiger charge is -2.29. The summed E-state index contributed by atoms with van der Waals surface area (Å²) in [7, 11) is -3.38. The van der Waals surface area contributed by atoms with Crippen LogP contribution in [0.3, 0.4) is 0 Å². The predicted molar refractivity (Wildman–Crippen MR) is 113 cm³/mol. The van der Waals surface area contributed by atoms with E-state index in [1.165, 1.54) is 4.31 Å². The summed E-state index contributed by atoms with van der Waals surface area (Å²) in [6, 6.07) is 5.57. The van der Waals surface area contributed by atoms with Gasteiger partial charge in [-0.2, -0.15) is 17.5 Å². The molecular weight excluding hydrogens is 472 g/mol. The molecule has 1 heterocycles. The minimum absolute atomic E-state index is 0.0448. The largest absolute Gasteiger partial charge is 0.419 e. The fraction of sp³-hybridized carbons (Fsp3) is 0.381. The standard InChI is InChI=1S/C21H21ClF4N2O3S/c1-2-9-32(30,31)28-8-7-15-14(12-28)4-6-17(22)20(15)27-19(29)11-13-3-5-16(18(23)10-13)21(24,25)26/h3-6,10H,2,7-9,11-12H2,1H3,(H,27,29). The Morgan fingerprint density at radius 1 is 1.22 bits per heavy atom. The highest BCUT2D eigenvalue weighted by Crippen LogP contribution is 2.34. The van der Waals surface area contributed by atoms with Crippen molar-refractivity contribution in [2.45, 2.75) is 38.9 Å². The second kappa shape index (κ2) is 9.36. The van der Waals surface area contributed by atoms with E-state index in [9.17, 15) is 30.8 Å². The third-order valence-electron chi connectivity index (χ3n) is 5.14. The van der Waals surface area contributed by atoms with Gasteiger partial charge >= 0.3 is 6.18 Å². The van der Waals surface area contributed by atoms with Crippen molar-refractivity contribution in [1.82, 2.24) is 4.31 Å². The molecule has 0 bridgehead atoms. The summed E-state index contributed by atoms with van der Waals surface area (Å²) in [5.74, 6) is -1.99. The summed E-state index contributed by atoms with van der Waals surface area (Å²) in [6.45, 7) is 2.18. The van der Waals surface area contributed by atoms with Crippen molar-refractivity contribution in [1.29, 1.82) is 0 Å². The highest BCUT2D eigenvalue weighted by Gasteiger charge is 2.34. The molecule has 2 aromatic rings. The van der Waals surface area contributed by atoms with Crippen LogP contribution in [0.5, 0.6) is 0 Å². The van der Waals surface area contributed by atoms with Crippen molar-refractivity contribution >= 4 is 33.2 Å². The molecule has 0 radical (unpaired) electrons. The summed E-state index contributed by atoms with van der Waals surface area (Å²) in [5.41, 5.74) is 0.410. The first-order valence-corrected chi connectivity index (χ1v) is 11.8. The SMILES string of the molecule is CCCS(=O)(=O)N1CCc2c(ccc(Cl)c2NC(=O)Cc2ccc(C(F)(F)F)c(F)c2)C1. The van der Waals surface area contributed by atoms with E-state index in [0.717, 1.165) is 6.07 Å². The number of rotatable bonds is 6. The molecular formula is C21H21ClF4N2O3S. The summed E-state index contributed by atoms with van der Waals surface area (Å²) < 4.78 is 78.0. The monoisotopic (exact) mass is 492 g/mol. The van der Waals surface area contributed by atoms with Crippen LogP contribution in [-0.4, -0.2) is 30.9 Å². The number of alkyl halides is 3. The van der Waals surface area contributed by atoms with Gasteiger partial charge in [0.2, 0.25) is 15.9 Å². The van der Waals surface area contributed by atoms with Gasteiger partial charge in [-0.3, -0.25) is 4.79 Å². The molecule has 0 saturated heterocycles. The number of nitrogens with zero attached hydrogens (tertiary/aromatic N) is 1. The maximum atomic E-state index is 13.8. The van der Waals surface area contributed by atoms with Crippen LogP contribution >= 0.6 is 11.6 Å². The lowest BCUT2D eigenvalue weighted by molar-refractivity contribution is -0.140. The van der Waals surface area contributed by atoms with E-state index in [0.29, 0.717) is 41.8 Å². The number of carbonyl (C=O) groups excluding carboxylic acids is 1. The van der Waals surface area contributed by atoms with Gasteiger partial charge in [0.15, 0.2) is 0 Å². The smallest absolute Gasteiger partial charge is 0.324 e. The van der Waals surface area contributed by atoms with E-state index >= 15 is 0 Å². The van der Waals surface area contributed by atoms with Gasteiger partial charge in [0, 0.05) is 13.1 Å². The van der Waals surface area contributed by atoms with Crippen molar-refractivity contribution in [2.24, 2.45) is 0 Å². The molecule has 5 nitrogen and oxygen atoms in total. The lowest BCUT2D eigenvalue weighted by Crippen LogP contribution is -2.37. The van der Waals surface area contributed by atoms with Crippen LogP contribution in [0, 0.1) is 5.82 Å². The predicted octanol–water partition coefficient (Wildman–Crippen LogP) is 4.78. The Morgan fingerprint density at radius 3 is 2.56 bits per heavy atom. The Balaban J connectivity index is 1.78. The van der Waals surface area contributed by atoms with Crippen LogP contribution in [0.2, 0.25) is 5.02 Å². The molecule has 0 fully saturated rings. The Labute approximate surface area is 188 Å². The summed E-state index contributed by atoms with van der Waals surface area (Å²) in [5, 5.41) is 2.90. The number of amides is 1. The molecule has 32 heavy (non-hydrogen) atoms. The van der Waals surface area contributed by atoms with E-state index in [1.807, 2.05) is 0 Å². The quantitative estimate of drug-likeness (QED) is 0.590. The molecule has 2 aromatic carbocycles. The first kappa shape index (κ1) is 24.5. The lowest BCUT2D eigenvalue weighted by atomic mass is 9.98. The third kappa shape index (κ3) is 5.41.